The lowest BCUT2D eigenvalue weighted by Gasteiger charge is -2.23. The van der Waals surface area contributed by atoms with E-state index in [9.17, 15) is 5.11 Å². The smallest absolute Gasteiger partial charge is 0.0700 e. The molecular weight excluding hydrogens is 246 g/mol. The second kappa shape index (κ2) is 5.51. The zero-order valence-electron chi connectivity index (χ0n) is 10.3. The standard InChI is InChI=1S/C15H16ClNO/c1-15(18,10-13-3-2-8-17-11-13)9-12-4-6-14(16)7-5-12/h2-8,11,18H,9-10H2,1H3. The van der Waals surface area contributed by atoms with Gasteiger partial charge in [-0.05, 0) is 36.2 Å². The minimum Gasteiger partial charge on any atom is -0.389 e. The molecule has 1 aromatic carbocycles. The van der Waals surface area contributed by atoms with Crippen molar-refractivity contribution in [2.75, 3.05) is 0 Å². The van der Waals surface area contributed by atoms with Gasteiger partial charge in [0, 0.05) is 30.3 Å². The summed E-state index contributed by atoms with van der Waals surface area (Å²) < 4.78 is 0. The molecule has 0 bridgehead atoms. The minimum atomic E-state index is -0.781. The summed E-state index contributed by atoms with van der Waals surface area (Å²) in [5.41, 5.74) is 1.33. The van der Waals surface area contributed by atoms with Crippen LogP contribution in [0.1, 0.15) is 18.1 Å². The molecular formula is C15H16ClNO. The quantitative estimate of drug-likeness (QED) is 0.916. The number of rotatable bonds is 4. The van der Waals surface area contributed by atoms with E-state index in [-0.39, 0.29) is 0 Å². The largest absolute Gasteiger partial charge is 0.389 e. The van der Waals surface area contributed by atoms with Gasteiger partial charge in [0.2, 0.25) is 0 Å². The maximum absolute atomic E-state index is 10.4. The predicted molar refractivity (Wildman–Crippen MR) is 73.7 cm³/mol. The first kappa shape index (κ1) is 13.1. The Morgan fingerprint density at radius 3 is 2.39 bits per heavy atom. The molecule has 0 spiro atoms. The third-order valence-corrected chi connectivity index (χ3v) is 3.06. The van der Waals surface area contributed by atoms with Gasteiger partial charge < -0.3 is 5.11 Å². The minimum absolute atomic E-state index is 0.587. The number of hydrogen-bond acceptors (Lipinski definition) is 2. The first-order chi connectivity index (χ1) is 8.55. The Morgan fingerprint density at radius 1 is 1.11 bits per heavy atom. The molecule has 0 saturated heterocycles. The fourth-order valence-electron chi connectivity index (χ4n) is 2.05. The Morgan fingerprint density at radius 2 is 1.78 bits per heavy atom. The summed E-state index contributed by atoms with van der Waals surface area (Å²) in [6.07, 6.45) is 4.70. The van der Waals surface area contributed by atoms with Gasteiger partial charge >= 0.3 is 0 Å². The van der Waals surface area contributed by atoms with Crippen LogP contribution in [-0.4, -0.2) is 15.7 Å². The van der Waals surface area contributed by atoms with Gasteiger partial charge in [0.25, 0.3) is 0 Å². The first-order valence-electron chi connectivity index (χ1n) is 5.91. The summed E-state index contributed by atoms with van der Waals surface area (Å²) >= 11 is 5.84. The fraction of sp³-hybridized carbons (Fsp3) is 0.267. The van der Waals surface area contributed by atoms with Crippen LogP contribution >= 0.6 is 11.6 Å². The topological polar surface area (TPSA) is 33.1 Å². The molecule has 0 aliphatic carbocycles. The van der Waals surface area contributed by atoms with E-state index in [1.54, 1.807) is 12.4 Å². The molecule has 1 aromatic heterocycles. The summed E-state index contributed by atoms with van der Waals surface area (Å²) in [6.45, 7) is 1.84. The summed E-state index contributed by atoms with van der Waals surface area (Å²) in [6, 6.07) is 11.4. The zero-order chi connectivity index (χ0) is 13.0. The monoisotopic (exact) mass is 261 g/mol. The van der Waals surface area contributed by atoms with Gasteiger partial charge in [0.1, 0.15) is 0 Å². The average Bonchev–Trinajstić information content (AvgIpc) is 2.32. The van der Waals surface area contributed by atoms with Gasteiger partial charge in [0.15, 0.2) is 0 Å². The lowest BCUT2D eigenvalue weighted by molar-refractivity contribution is 0.0607. The number of benzene rings is 1. The third kappa shape index (κ3) is 3.83. The second-order valence-electron chi connectivity index (χ2n) is 4.84. The molecule has 2 nitrogen and oxygen atoms in total. The van der Waals surface area contributed by atoms with Crippen molar-refractivity contribution >= 4 is 11.6 Å². The Hall–Kier alpha value is -1.38. The molecule has 18 heavy (non-hydrogen) atoms. The highest BCUT2D eigenvalue weighted by molar-refractivity contribution is 6.30. The summed E-state index contributed by atoms with van der Waals surface area (Å²) in [5, 5.41) is 11.1. The number of pyridine rings is 1. The van der Waals surface area contributed by atoms with Crippen LogP contribution in [0.15, 0.2) is 48.8 Å². The van der Waals surface area contributed by atoms with E-state index >= 15 is 0 Å². The molecule has 1 unspecified atom stereocenters. The van der Waals surface area contributed by atoms with E-state index in [0.29, 0.717) is 17.9 Å². The molecule has 0 radical (unpaired) electrons. The van der Waals surface area contributed by atoms with E-state index in [0.717, 1.165) is 11.1 Å². The normalized spacial score (nSPS) is 14.2. The van der Waals surface area contributed by atoms with E-state index in [2.05, 4.69) is 4.98 Å². The zero-order valence-corrected chi connectivity index (χ0v) is 11.1. The van der Waals surface area contributed by atoms with E-state index < -0.39 is 5.60 Å². The fourth-order valence-corrected chi connectivity index (χ4v) is 2.17. The van der Waals surface area contributed by atoms with Crippen molar-refractivity contribution in [2.45, 2.75) is 25.4 Å². The van der Waals surface area contributed by atoms with Crippen LogP contribution in [0.2, 0.25) is 5.02 Å². The van der Waals surface area contributed by atoms with Crippen LogP contribution in [-0.2, 0) is 12.8 Å². The molecule has 1 N–H and O–H groups in total. The summed E-state index contributed by atoms with van der Waals surface area (Å²) in [5.74, 6) is 0. The Balaban J connectivity index is 2.05. The van der Waals surface area contributed by atoms with Crippen LogP contribution in [0.5, 0.6) is 0 Å². The Bertz CT molecular complexity index is 494. The molecule has 2 aromatic rings. The predicted octanol–water partition coefficient (Wildman–Crippen LogP) is 3.27. The highest BCUT2D eigenvalue weighted by Crippen LogP contribution is 2.19. The van der Waals surface area contributed by atoms with Crippen molar-refractivity contribution in [1.29, 1.82) is 0 Å². The van der Waals surface area contributed by atoms with Gasteiger partial charge in [-0.3, -0.25) is 4.98 Å². The highest BCUT2D eigenvalue weighted by atomic mass is 35.5. The van der Waals surface area contributed by atoms with Crippen LogP contribution < -0.4 is 0 Å². The van der Waals surface area contributed by atoms with Crippen LogP contribution in [0.4, 0.5) is 0 Å². The SMILES string of the molecule is CC(O)(Cc1ccc(Cl)cc1)Cc1cccnc1. The van der Waals surface area contributed by atoms with Crippen molar-refractivity contribution in [2.24, 2.45) is 0 Å². The van der Waals surface area contributed by atoms with Gasteiger partial charge in [-0.25, -0.2) is 0 Å². The molecule has 94 valence electrons. The molecule has 0 amide bonds. The van der Waals surface area contributed by atoms with E-state index in [1.807, 2.05) is 43.3 Å². The molecule has 1 atom stereocenters. The summed E-state index contributed by atoms with van der Waals surface area (Å²) in [4.78, 5) is 4.06. The number of aliphatic hydroxyl groups is 1. The van der Waals surface area contributed by atoms with Crippen molar-refractivity contribution < 1.29 is 5.11 Å². The lowest BCUT2D eigenvalue weighted by Crippen LogP contribution is -2.30. The van der Waals surface area contributed by atoms with Crippen LogP contribution in [0.3, 0.4) is 0 Å². The number of aromatic nitrogens is 1. The maximum Gasteiger partial charge on any atom is 0.0700 e. The Labute approximate surface area is 112 Å². The molecule has 0 saturated carbocycles. The van der Waals surface area contributed by atoms with Gasteiger partial charge in [-0.2, -0.15) is 0 Å². The lowest BCUT2D eigenvalue weighted by atomic mass is 9.90. The molecule has 0 fully saturated rings. The Kier molecular flexibility index (Phi) is 4.00. The number of nitrogens with zero attached hydrogens (tertiary/aromatic N) is 1. The van der Waals surface area contributed by atoms with Gasteiger partial charge in [0.05, 0.1) is 5.60 Å². The maximum atomic E-state index is 10.4. The molecule has 2 rings (SSSR count). The molecule has 3 heteroatoms. The number of halogens is 1. The van der Waals surface area contributed by atoms with E-state index in [4.69, 9.17) is 11.6 Å². The van der Waals surface area contributed by atoms with Crippen LogP contribution in [0.25, 0.3) is 0 Å². The number of hydrogen-bond donors (Lipinski definition) is 1. The van der Waals surface area contributed by atoms with E-state index in [1.165, 1.54) is 0 Å². The van der Waals surface area contributed by atoms with Crippen molar-refractivity contribution in [1.82, 2.24) is 4.98 Å². The third-order valence-electron chi connectivity index (χ3n) is 2.81. The van der Waals surface area contributed by atoms with Crippen molar-refractivity contribution in [3.63, 3.8) is 0 Å². The molecule has 0 aliphatic rings. The van der Waals surface area contributed by atoms with Crippen molar-refractivity contribution in [3.8, 4) is 0 Å². The highest BCUT2D eigenvalue weighted by Gasteiger charge is 2.21. The average molecular weight is 262 g/mol. The molecule has 0 aliphatic heterocycles. The first-order valence-corrected chi connectivity index (χ1v) is 6.29. The van der Waals surface area contributed by atoms with Gasteiger partial charge in [-0.1, -0.05) is 29.8 Å². The summed E-state index contributed by atoms with van der Waals surface area (Å²) in [7, 11) is 0. The van der Waals surface area contributed by atoms with Crippen LogP contribution in [0, 0.1) is 0 Å². The van der Waals surface area contributed by atoms with Crippen molar-refractivity contribution in [3.05, 3.63) is 64.9 Å². The second-order valence-corrected chi connectivity index (χ2v) is 5.27. The molecule has 1 heterocycles. The van der Waals surface area contributed by atoms with Gasteiger partial charge in [-0.15, -0.1) is 0 Å².